The van der Waals surface area contributed by atoms with Gasteiger partial charge in [0, 0.05) is 70.1 Å². The summed E-state index contributed by atoms with van der Waals surface area (Å²) in [5, 5.41) is 35.5. The lowest BCUT2D eigenvalue weighted by Crippen LogP contribution is -2.61. The molecule has 1 aromatic heterocycles. The summed E-state index contributed by atoms with van der Waals surface area (Å²) in [4.78, 5) is 86.5. The quantitative estimate of drug-likeness (QED) is 0.0755. The van der Waals surface area contributed by atoms with Crippen molar-refractivity contribution in [2.75, 3.05) is 27.9 Å². The average Bonchev–Trinajstić information content (AvgIpc) is 3.48. The van der Waals surface area contributed by atoms with Crippen LogP contribution in [0, 0.1) is 46.1 Å². The van der Waals surface area contributed by atoms with Gasteiger partial charge in [-0.1, -0.05) is 71.1 Å². The van der Waals surface area contributed by atoms with Crippen LogP contribution in [0.5, 0.6) is 0 Å². The number of rotatable bonds is 10. The monoisotopic (exact) mass is 1090 g/mol. The van der Waals surface area contributed by atoms with Gasteiger partial charge in [0.1, 0.15) is 36.2 Å². The Hall–Kier alpha value is -4.91. The summed E-state index contributed by atoms with van der Waals surface area (Å²) in [5.74, 6) is -8.91. The van der Waals surface area contributed by atoms with Crippen LogP contribution >= 0.6 is 0 Å². The molecule has 2 bridgehead atoms. The maximum absolute atomic E-state index is 14.6. The maximum atomic E-state index is 14.6. The number of fused-ring (bicyclic) bond motifs is 3. The highest BCUT2D eigenvalue weighted by Gasteiger charge is 2.53. The molecule has 434 valence electrons. The van der Waals surface area contributed by atoms with Gasteiger partial charge < -0.3 is 48.7 Å². The van der Waals surface area contributed by atoms with Gasteiger partial charge in [-0.15, -0.1) is 0 Å². The molecular weight excluding hydrogens is 1000 g/mol. The first-order valence-corrected chi connectivity index (χ1v) is 28.2. The van der Waals surface area contributed by atoms with Crippen LogP contribution < -0.4 is 4.73 Å². The van der Waals surface area contributed by atoms with Gasteiger partial charge in [-0.05, 0) is 133 Å². The fourth-order valence-electron chi connectivity index (χ4n) is 11.7. The highest BCUT2D eigenvalue weighted by atomic mass is 16.6. The number of carbonyl (C=O) groups excluding carboxylic acids is 6. The number of aliphatic hydroxyl groups is 2. The number of allylic oxidation sites excluding steroid dienone is 6. The number of carbonyl (C=O) groups is 6. The Morgan fingerprint density at radius 2 is 1.64 bits per heavy atom. The molecule has 17 nitrogen and oxygen atoms in total. The minimum Gasteiger partial charge on any atom is -0.619 e. The van der Waals surface area contributed by atoms with Gasteiger partial charge in [0.25, 0.3) is 11.7 Å². The van der Waals surface area contributed by atoms with Gasteiger partial charge >= 0.3 is 11.9 Å². The number of hydrogen-bond acceptors (Lipinski definition) is 15. The Bertz CT molecular complexity index is 2360. The van der Waals surface area contributed by atoms with Crippen LogP contribution in [0.3, 0.4) is 0 Å². The summed E-state index contributed by atoms with van der Waals surface area (Å²) in [6.07, 6.45) is 13.4. The van der Waals surface area contributed by atoms with Crippen LogP contribution in [-0.2, 0) is 63.6 Å². The van der Waals surface area contributed by atoms with Gasteiger partial charge in [0.05, 0.1) is 23.7 Å². The first kappa shape index (κ1) is 63.9. The van der Waals surface area contributed by atoms with E-state index in [0.717, 1.165) is 5.57 Å². The molecule has 2 N–H and O–H groups in total. The lowest BCUT2D eigenvalue weighted by atomic mass is 9.78. The molecule has 3 fully saturated rings. The standard InChI is InChI=1S/C61H90N2O15/c1-37-19-14-13-15-20-38(2)50(73-10)33-46-25-23-43(7)61(71,78-46)56(67)57(68)63-28-17-16-22-47(63)58(69)76-51(34-48(64)39(3)30-42(6)54(66)55(75-12)53(65)41(5)29-37)40(4)31-44-24-26-49(52(32-44)74-11)77-59(70)60(8,9)35-45-21-18-27-62(72)36-45/h13-15,18-21,27,30,36-37,39-41,43-44,46-47,49-52,54-55,66,71H,16-17,22-26,28-29,31-35H2,1-12H3/b15-13+,19-14-,38-20+,42-30+/t37-,39-,40-,41-,43-,44+,46+,47+,49-,50+,51+,52-,54-,55+,61-/m1/s1. The summed E-state index contributed by atoms with van der Waals surface area (Å²) in [6.45, 7) is 16.2. The maximum Gasteiger partial charge on any atom is 0.329 e. The first-order chi connectivity index (χ1) is 36.8. The Morgan fingerprint density at radius 3 is 2.32 bits per heavy atom. The summed E-state index contributed by atoms with van der Waals surface area (Å²) >= 11 is 0. The number of ketones is 3. The molecule has 2 saturated heterocycles. The molecule has 0 unspecified atom stereocenters. The Morgan fingerprint density at radius 1 is 0.910 bits per heavy atom. The van der Waals surface area contributed by atoms with E-state index in [1.807, 2.05) is 51.2 Å². The molecule has 15 atom stereocenters. The van der Waals surface area contributed by atoms with E-state index < -0.39 is 107 Å². The number of amides is 1. The third kappa shape index (κ3) is 16.8. The van der Waals surface area contributed by atoms with Crippen LogP contribution in [-0.4, -0.2) is 133 Å². The number of methoxy groups -OCH3 is 3. The molecular formula is C61H90N2O15. The topological polar surface area (TPSA) is 228 Å². The number of pyridine rings is 1. The highest BCUT2D eigenvalue weighted by molar-refractivity contribution is 6.39. The normalized spacial score (nSPS) is 35.7. The van der Waals surface area contributed by atoms with Crippen molar-refractivity contribution < 1.29 is 72.1 Å². The van der Waals surface area contributed by atoms with Gasteiger partial charge in [0.2, 0.25) is 5.79 Å². The zero-order valence-corrected chi connectivity index (χ0v) is 48.4. The molecule has 4 aliphatic rings. The van der Waals surface area contributed by atoms with Crippen molar-refractivity contribution in [3.05, 3.63) is 82.9 Å². The molecule has 1 aromatic rings. The largest absolute Gasteiger partial charge is 0.619 e. The first-order valence-electron chi connectivity index (χ1n) is 28.2. The Balaban J connectivity index is 1.43. The second-order valence-electron chi connectivity index (χ2n) is 23.6. The van der Waals surface area contributed by atoms with Crippen LogP contribution in [0.4, 0.5) is 0 Å². The summed E-state index contributed by atoms with van der Waals surface area (Å²) in [7, 11) is 4.50. The van der Waals surface area contributed by atoms with Crippen molar-refractivity contribution in [3.8, 4) is 0 Å². The van der Waals surface area contributed by atoms with Crippen molar-refractivity contribution in [1.82, 2.24) is 4.90 Å². The molecule has 78 heavy (non-hydrogen) atoms. The summed E-state index contributed by atoms with van der Waals surface area (Å²) in [5.41, 5.74) is 0.985. The molecule has 0 radical (unpaired) electrons. The third-order valence-electron chi connectivity index (χ3n) is 16.7. The van der Waals surface area contributed by atoms with E-state index >= 15 is 0 Å². The van der Waals surface area contributed by atoms with Crippen molar-refractivity contribution >= 4 is 35.2 Å². The molecule has 1 amide bonds. The van der Waals surface area contributed by atoms with E-state index in [0.29, 0.717) is 86.5 Å². The average molecular weight is 1090 g/mol. The number of ether oxygens (including phenoxy) is 6. The molecule has 17 heteroatoms. The minimum atomic E-state index is -2.47. The molecule has 0 aromatic carbocycles. The van der Waals surface area contributed by atoms with Crippen molar-refractivity contribution in [2.45, 2.75) is 200 Å². The Kier molecular flexibility index (Phi) is 23.8. The third-order valence-corrected chi connectivity index (χ3v) is 16.7. The van der Waals surface area contributed by atoms with E-state index in [4.69, 9.17) is 28.4 Å². The van der Waals surface area contributed by atoms with Crippen LogP contribution in [0.1, 0.15) is 145 Å². The summed E-state index contributed by atoms with van der Waals surface area (Å²) < 4.78 is 36.8. The fourth-order valence-corrected chi connectivity index (χ4v) is 11.7. The lowest BCUT2D eigenvalue weighted by molar-refractivity contribution is -0.605. The zero-order chi connectivity index (χ0) is 57.6. The van der Waals surface area contributed by atoms with Crippen molar-refractivity contribution in [2.24, 2.45) is 40.9 Å². The van der Waals surface area contributed by atoms with E-state index in [-0.39, 0.29) is 42.8 Å². The second-order valence-corrected chi connectivity index (χ2v) is 23.6. The minimum absolute atomic E-state index is 0.00357. The van der Waals surface area contributed by atoms with Crippen LogP contribution in [0.2, 0.25) is 0 Å². The van der Waals surface area contributed by atoms with E-state index in [2.05, 4.69) is 0 Å². The molecule has 1 saturated carbocycles. The zero-order valence-electron chi connectivity index (χ0n) is 48.4. The number of aromatic nitrogens is 1. The summed E-state index contributed by atoms with van der Waals surface area (Å²) in [6, 6.07) is 2.23. The van der Waals surface area contributed by atoms with E-state index in [1.165, 1.54) is 24.4 Å². The number of Topliss-reactive ketones (excluding diaryl/α,β-unsaturated/α-hetero) is 3. The predicted octanol–water partition coefficient (Wildman–Crippen LogP) is 7.63. The van der Waals surface area contributed by atoms with Crippen LogP contribution in [0.15, 0.2) is 72.1 Å². The molecule has 0 spiro atoms. The molecule has 3 aliphatic heterocycles. The predicted molar refractivity (Wildman–Crippen MR) is 292 cm³/mol. The molecule has 1 aliphatic carbocycles. The SMILES string of the molecule is CO[C@H]1C[C@@H]2CC[C@@H](C)[C@@](O)(O2)C(=O)C(=O)N2CCCC[C@H]2C(=O)O[C@H]([C@H](C)C[C@@H]2CC[C@@H](OC(=O)C(C)(C)Cc3ccc[n+]([O-])c3)[C@H](OC)C2)CC(=O)[C@H](C)/C=C(\C)[C@@H](O)[C@@H](OC)C(=O)[C@H](C)C[C@H](C)\C=C/C=C/C=C/1C. The van der Waals surface area contributed by atoms with Gasteiger partial charge in [-0.25, -0.2) is 4.79 Å². The number of aliphatic hydroxyl groups excluding tert-OH is 1. The van der Waals surface area contributed by atoms with Gasteiger partial charge in [-0.2, -0.15) is 4.73 Å². The molecule has 5 rings (SSSR count). The van der Waals surface area contributed by atoms with E-state index in [1.54, 1.807) is 74.0 Å². The number of hydrogen-bond donors (Lipinski definition) is 2. The molecule has 4 heterocycles. The second kappa shape index (κ2) is 29.0. The number of esters is 2. The van der Waals surface area contributed by atoms with Gasteiger partial charge in [0.15, 0.2) is 18.2 Å². The van der Waals surface area contributed by atoms with Crippen LogP contribution in [0.25, 0.3) is 0 Å². The number of nitrogens with zero attached hydrogens (tertiary/aromatic N) is 2. The van der Waals surface area contributed by atoms with Crippen molar-refractivity contribution in [1.29, 1.82) is 0 Å². The Labute approximate surface area is 462 Å². The number of piperidine rings is 1. The fraction of sp³-hybridized carbons (Fsp3) is 0.689. The van der Waals surface area contributed by atoms with E-state index in [9.17, 15) is 44.2 Å². The number of cyclic esters (lactones) is 1. The lowest BCUT2D eigenvalue weighted by Gasteiger charge is -2.42. The highest BCUT2D eigenvalue weighted by Crippen LogP contribution is 2.39. The smallest absolute Gasteiger partial charge is 0.329 e. The van der Waals surface area contributed by atoms with Crippen molar-refractivity contribution in [3.63, 3.8) is 0 Å². The van der Waals surface area contributed by atoms with Gasteiger partial charge in [-0.3, -0.25) is 24.0 Å².